The normalized spacial score (nSPS) is 17.7. The van der Waals surface area contributed by atoms with Crippen LogP contribution in [0.5, 0.6) is 0 Å². The maximum absolute atomic E-state index is 4.63. The highest BCUT2D eigenvalue weighted by Gasteiger charge is 2.29. The lowest BCUT2D eigenvalue weighted by Crippen LogP contribution is -2.46. The van der Waals surface area contributed by atoms with Gasteiger partial charge in [-0.2, -0.15) is 14.7 Å². The van der Waals surface area contributed by atoms with Gasteiger partial charge in [-0.25, -0.2) is 0 Å². The maximum Gasteiger partial charge on any atom is 0.179 e. The highest BCUT2D eigenvalue weighted by molar-refractivity contribution is 5.62. The molecular formula is C22H24N8. The molecule has 152 valence electrons. The van der Waals surface area contributed by atoms with E-state index in [-0.39, 0.29) is 0 Å². The number of hydrogen-bond donors (Lipinski definition) is 1. The predicted octanol–water partition coefficient (Wildman–Crippen LogP) is 2.71. The van der Waals surface area contributed by atoms with Gasteiger partial charge in [-0.05, 0) is 18.4 Å². The quantitative estimate of drug-likeness (QED) is 0.555. The van der Waals surface area contributed by atoms with E-state index < -0.39 is 0 Å². The van der Waals surface area contributed by atoms with Crippen LogP contribution in [-0.4, -0.2) is 61.1 Å². The number of H-pyrrole nitrogens is 1. The molecule has 4 aromatic rings. The molecular weight excluding hydrogens is 376 g/mol. The number of rotatable bonds is 5. The van der Waals surface area contributed by atoms with Gasteiger partial charge >= 0.3 is 0 Å². The second kappa shape index (κ2) is 7.21. The third kappa shape index (κ3) is 3.23. The summed E-state index contributed by atoms with van der Waals surface area (Å²) in [4.78, 5) is 4.88. The lowest BCUT2D eigenvalue weighted by Gasteiger charge is -2.35. The van der Waals surface area contributed by atoms with Crippen LogP contribution in [0.15, 0.2) is 48.8 Å². The fourth-order valence-electron chi connectivity index (χ4n) is 4.26. The number of hydrogen-bond acceptors (Lipinski definition) is 6. The first kappa shape index (κ1) is 17.6. The van der Waals surface area contributed by atoms with Gasteiger partial charge in [-0.15, -0.1) is 10.2 Å². The van der Waals surface area contributed by atoms with Crippen LogP contribution in [0.1, 0.15) is 30.1 Å². The molecule has 0 amide bonds. The molecule has 0 spiro atoms. The highest BCUT2D eigenvalue weighted by Crippen LogP contribution is 2.38. The molecule has 1 aromatic carbocycles. The zero-order valence-corrected chi connectivity index (χ0v) is 16.8. The second-order valence-electron chi connectivity index (χ2n) is 8.22. The number of aromatic amines is 1. The van der Waals surface area contributed by atoms with Crippen LogP contribution in [0.2, 0.25) is 0 Å². The Kier molecular flexibility index (Phi) is 4.23. The summed E-state index contributed by atoms with van der Waals surface area (Å²) in [7, 11) is 0. The van der Waals surface area contributed by atoms with Crippen LogP contribution in [0, 0.1) is 0 Å². The van der Waals surface area contributed by atoms with E-state index in [4.69, 9.17) is 0 Å². The summed E-state index contributed by atoms with van der Waals surface area (Å²) >= 11 is 0. The van der Waals surface area contributed by atoms with Gasteiger partial charge < -0.3 is 4.90 Å². The molecule has 1 saturated carbocycles. The Morgan fingerprint density at radius 3 is 2.60 bits per heavy atom. The smallest absolute Gasteiger partial charge is 0.179 e. The summed E-state index contributed by atoms with van der Waals surface area (Å²) in [5.41, 5.74) is 5.52. The summed E-state index contributed by atoms with van der Waals surface area (Å²) in [6.07, 6.45) is 6.32. The van der Waals surface area contributed by atoms with Gasteiger partial charge in [-0.3, -0.25) is 10.00 Å². The van der Waals surface area contributed by atoms with Gasteiger partial charge in [0.2, 0.25) is 0 Å². The molecule has 1 aliphatic carbocycles. The average molecular weight is 400 g/mol. The molecule has 0 bridgehead atoms. The Morgan fingerprint density at radius 1 is 0.967 bits per heavy atom. The number of nitrogens with zero attached hydrogens (tertiary/aromatic N) is 7. The number of aromatic nitrogens is 6. The summed E-state index contributed by atoms with van der Waals surface area (Å²) in [6, 6.07) is 12.5. The molecule has 0 radical (unpaired) electrons. The van der Waals surface area contributed by atoms with Crippen molar-refractivity contribution < 1.29 is 0 Å². The van der Waals surface area contributed by atoms with Crippen LogP contribution in [-0.2, 0) is 6.54 Å². The van der Waals surface area contributed by atoms with E-state index in [2.05, 4.69) is 65.6 Å². The molecule has 8 heteroatoms. The highest BCUT2D eigenvalue weighted by atomic mass is 15.4. The van der Waals surface area contributed by atoms with Gasteiger partial charge in [0, 0.05) is 50.3 Å². The molecule has 8 nitrogen and oxygen atoms in total. The Morgan fingerprint density at radius 2 is 1.80 bits per heavy atom. The second-order valence-corrected chi connectivity index (χ2v) is 8.22. The molecule has 4 heterocycles. The maximum atomic E-state index is 4.63. The molecule has 2 aliphatic rings. The Labute approximate surface area is 174 Å². The van der Waals surface area contributed by atoms with Crippen molar-refractivity contribution >= 4 is 11.3 Å². The first-order valence-corrected chi connectivity index (χ1v) is 10.6. The molecule has 1 N–H and O–H groups in total. The van der Waals surface area contributed by atoms with Gasteiger partial charge in [0.15, 0.2) is 11.5 Å². The Bertz CT molecular complexity index is 1150. The molecule has 0 unspecified atom stereocenters. The average Bonchev–Trinajstić information content (AvgIpc) is 3.38. The van der Waals surface area contributed by atoms with E-state index in [1.165, 1.54) is 24.0 Å². The van der Waals surface area contributed by atoms with E-state index in [9.17, 15) is 0 Å². The fourth-order valence-corrected chi connectivity index (χ4v) is 4.26. The van der Waals surface area contributed by atoms with Gasteiger partial charge in [0.1, 0.15) is 0 Å². The van der Waals surface area contributed by atoms with Crippen LogP contribution in [0.3, 0.4) is 0 Å². The minimum atomic E-state index is 0.547. The van der Waals surface area contributed by atoms with Crippen LogP contribution < -0.4 is 4.90 Å². The fraction of sp³-hybridized carbons (Fsp3) is 0.364. The third-order valence-corrected chi connectivity index (χ3v) is 6.13. The standard InChI is InChI=1S/C22H24N8/c1-2-4-16(5-3-1)21-18(13-23-26-21)15-28-8-10-29(11-9-28)19-12-20-25-27-22(17-6-7-17)30(20)24-14-19/h1-5,12-14,17H,6-11,15H2,(H,23,26). The van der Waals surface area contributed by atoms with Crippen molar-refractivity contribution in [1.82, 2.24) is 34.9 Å². The summed E-state index contributed by atoms with van der Waals surface area (Å²) in [5, 5.41) is 20.8. The molecule has 1 aliphatic heterocycles. The SMILES string of the molecule is c1ccc(-c2[nH]ncc2CN2CCN(c3cnn4c(C5CC5)nnc4c3)CC2)cc1. The third-order valence-electron chi connectivity index (χ3n) is 6.13. The van der Waals surface area contributed by atoms with Crippen LogP contribution in [0.4, 0.5) is 5.69 Å². The van der Waals surface area contributed by atoms with Crippen molar-refractivity contribution in [3.8, 4) is 11.3 Å². The number of benzene rings is 1. The Hall–Kier alpha value is -3.26. The largest absolute Gasteiger partial charge is 0.368 e. The topological polar surface area (TPSA) is 78.2 Å². The van der Waals surface area contributed by atoms with E-state index in [0.717, 1.165) is 55.6 Å². The molecule has 30 heavy (non-hydrogen) atoms. The first-order valence-electron chi connectivity index (χ1n) is 10.6. The number of fused-ring (bicyclic) bond motifs is 1. The molecule has 3 aromatic heterocycles. The molecule has 6 rings (SSSR count). The predicted molar refractivity (Wildman–Crippen MR) is 114 cm³/mol. The van der Waals surface area contributed by atoms with Crippen LogP contribution >= 0.6 is 0 Å². The minimum Gasteiger partial charge on any atom is -0.368 e. The van der Waals surface area contributed by atoms with Crippen molar-refractivity contribution in [3.05, 3.63) is 60.2 Å². The summed E-state index contributed by atoms with van der Waals surface area (Å²) in [6.45, 7) is 4.86. The summed E-state index contributed by atoms with van der Waals surface area (Å²) in [5.74, 6) is 1.56. The first-order chi connectivity index (χ1) is 14.8. The number of nitrogens with one attached hydrogen (secondary N) is 1. The van der Waals surface area contributed by atoms with Crippen molar-refractivity contribution in [2.45, 2.75) is 25.3 Å². The monoisotopic (exact) mass is 400 g/mol. The lowest BCUT2D eigenvalue weighted by molar-refractivity contribution is 0.250. The number of piperazine rings is 1. The number of anilines is 1. The summed E-state index contributed by atoms with van der Waals surface area (Å²) < 4.78 is 1.90. The van der Waals surface area contributed by atoms with E-state index in [1.807, 2.05) is 23.0 Å². The van der Waals surface area contributed by atoms with Crippen LogP contribution in [0.25, 0.3) is 16.9 Å². The van der Waals surface area contributed by atoms with E-state index in [1.54, 1.807) is 0 Å². The van der Waals surface area contributed by atoms with Crippen molar-refractivity contribution in [1.29, 1.82) is 0 Å². The molecule has 1 saturated heterocycles. The van der Waals surface area contributed by atoms with Gasteiger partial charge in [0.25, 0.3) is 0 Å². The van der Waals surface area contributed by atoms with Crippen molar-refractivity contribution in [2.24, 2.45) is 0 Å². The van der Waals surface area contributed by atoms with Crippen molar-refractivity contribution in [3.63, 3.8) is 0 Å². The van der Waals surface area contributed by atoms with E-state index in [0.29, 0.717) is 5.92 Å². The lowest BCUT2D eigenvalue weighted by atomic mass is 10.1. The molecule has 0 atom stereocenters. The minimum absolute atomic E-state index is 0.547. The Balaban J connectivity index is 1.13. The van der Waals surface area contributed by atoms with Gasteiger partial charge in [-0.1, -0.05) is 30.3 Å². The zero-order valence-electron chi connectivity index (χ0n) is 16.8. The van der Waals surface area contributed by atoms with E-state index >= 15 is 0 Å². The molecule has 2 fully saturated rings. The zero-order chi connectivity index (χ0) is 19.9. The van der Waals surface area contributed by atoms with Crippen molar-refractivity contribution in [2.75, 3.05) is 31.1 Å². The van der Waals surface area contributed by atoms with Gasteiger partial charge in [0.05, 0.1) is 23.8 Å².